The Morgan fingerprint density at radius 1 is 1.53 bits per heavy atom. The maximum Gasteiger partial charge on any atom is 0.258 e. The monoisotopic (exact) mass is 281 g/mol. The quantitative estimate of drug-likeness (QED) is 0.742. The van der Waals surface area contributed by atoms with Crippen LogP contribution in [0.4, 0.5) is 0 Å². The van der Waals surface area contributed by atoms with Crippen molar-refractivity contribution in [3.63, 3.8) is 0 Å². The molecule has 6 heteroatoms. The number of carbonyl (C=O) groups excluding carboxylic acids is 1. The summed E-state index contributed by atoms with van der Waals surface area (Å²) in [5.74, 6) is 0.100. The van der Waals surface area contributed by atoms with E-state index in [0.717, 1.165) is 18.7 Å². The number of rotatable bonds is 7. The van der Waals surface area contributed by atoms with E-state index in [9.17, 15) is 4.79 Å². The van der Waals surface area contributed by atoms with Crippen molar-refractivity contribution in [3.05, 3.63) is 28.8 Å². The van der Waals surface area contributed by atoms with Gasteiger partial charge in [0.25, 0.3) is 5.91 Å². The lowest BCUT2D eigenvalue weighted by molar-refractivity contribution is -0.122. The summed E-state index contributed by atoms with van der Waals surface area (Å²) in [6, 6.07) is 7.23. The highest BCUT2D eigenvalue weighted by molar-refractivity contribution is 6.32. The van der Waals surface area contributed by atoms with Crippen LogP contribution in [0.15, 0.2) is 18.2 Å². The zero-order valence-corrected chi connectivity index (χ0v) is 11.5. The normalized spacial score (nSPS) is 9.74. The number of nitriles is 1. The van der Waals surface area contributed by atoms with E-state index in [0.29, 0.717) is 10.8 Å². The van der Waals surface area contributed by atoms with Crippen molar-refractivity contribution < 1.29 is 9.53 Å². The number of hydrogen-bond acceptors (Lipinski definition) is 4. The molecule has 0 saturated carbocycles. The molecule has 0 aromatic heterocycles. The van der Waals surface area contributed by atoms with Crippen LogP contribution in [-0.4, -0.2) is 25.6 Å². The molecule has 0 atom stereocenters. The van der Waals surface area contributed by atoms with E-state index in [1.807, 2.05) is 19.1 Å². The van der Waals surface area contributed by atoms with Gasteiger partial charge in [-0.05, 0) is 24.2 Å². The van der Waals surface area contributed by atoms with Gasteiger partial charge in [0.2, 0.25) is 0 Å². The van der Waals surface area contributed by atoms with Crippen LogP contribution in [0.25, 0.3) is 0 Å². The lowest BCUT2D eigenvalue weighted by atomic mass is 10.2. The maximum absolute atomic E-state index is 11.3. The first-order valence-corrected chi connectivity index (χ1v) is 6.30. The van der Waals surface area contributed by atoms with Gasteiger partial charge in [-0.15, -0.1) is 0 Å². The van der Waals surface area contributed by atoms with Crippen molar-refractivity contribution in [2.75, 3.05) is 19.7 Å². The molecule has 0 bridgehead atoms. The summed E-state index contributed by atoms with van der Waals surface area (Å²) in [5, 5.41) is 14.3. The summed E-state index contributed by atoms with van der Waals surface area (Å²) in [6.07, 6.45) is 0. The summed E-state index contributed by atoms with van der Waals surface area (Å²) < 4.78 is 5.28. The standard InChI is InChI=1S/C13H16ClN3O2/c1-2-16-8-10-3-4-12(11(14)7-10)19-9-13(18)17-6-5-15/h3-4,7,16H,2,6,8-9H2,1H3,(H,17,18). The molecule has 19 heavy (non-hydrogen) atoms. The van der Waals surface area contributed by atoms with Crippen molar-refractivity contribution in [1.82, 2.24) is 10.6 Å². The molecule has 5 nitrogen and oxygen atoms in total. The highest BCUT2D eigenvalue weighted by Crippen LogP contribution is 2.25. The zero-order chi connectivity index (χ0) is 14.1. The third kappa shape index (κ3) is 5.60. The van der Waals surface area contributed by atoms with Gasteiger partial charge in [0.15, 0.2) is 6.61 Å². The molecule has 1 aromatic carbocycles. The Morgan fingerprint density at radius 3 is 2.95 bits per heavy atom. The Kier molecular flexibility index (Phi) is 6.72. The molecule has 0 fully saturated rings. The molecule has 0 unspecified atom stereocenters. The van der Waals surface area contributed by atoms with Gasteiger partial charge >= 0.3 is 0 Å². The number of benzene rings is 1. The molecular formula is C13H16ClN3O2. The van der Waals surface area contributed by atoms with E-state index < -0.39 is 0 Å². The molecule has 2 N–H and O–H groups in total. The summed E-state index contributed by atoms with van der Waals surface area (Å²) in [7, 11) is 0. The van der Waals surface area contributed by atoms with E-state index in [2.05, 4.69) is 10.6 Å². The highest BCUT2D eigenvalue weighted by atomic mass is 35.5. The number of halogens is 1. The Morgan fingerprint density at radius 2 is 2.32 bits per heavy atom. The Balaban J connectivity index is 2.50. The molecule has 1 aromatic rings. The van der Waals surface area contributed by atoms with Gasteiger partial charge < -0.3 is 15.4 Å². The third-order valence-corrected chi connectivity index (χ3v) is 2.59. The summed E-state index contributed by atoms with van der Waals surface area (Å²) in [5.41, 5.74) is 1.05. The topological polar surface area (TPSA) is 74.2 Å². The fraction of sp³-hybridized carbons (Fsp3) is 0.385. The van der Waals surface area contributed by atoms with Crippen molar-refractivity contribution in [1.29, 1.82) is 5.26 Å². The first-order chi connectivity index (χ1) is 9.17. The van der Waals surface area contributed by atoms with E-state index in [-0.39, 0.29) is 19.1 Å². The number of ether oxygens (including phenoxy) is 1. The molecule has 0 aliphatic rings. The number of nitrogens with one attached hydrogen (secondary N) is 2. The summed E-state index contributed by atoms with van der Waals surface area (Å²) in [6.45, 7) is 3.46. The smallest absolute Gasteiger partial charge is 0.258 e. The van der Waals surface area contributed by atoms with Crippen molar-refractivity contribution in [2.24, 2.45) is 0 Å². The number of carbonyl (C=O) groups is 1. The molecule has 0 aliphatic carbocycles. The summed E-state index contributed by atoms with van der Waals surface area (Å²) >= 11 is 6.06. The minimum absolute atomic E-state index is 0.0302. The first-order valence-electron chi connectivity index (χ1n) is 5.93. The van der Waals surface area contributed by atoms with E-state index >= 15 is 0 Å². The first kappa shape index (κ1) is 15.3. The predicted molar refractivity (Wildman–Crippen MR) is 73.0 cm³/mol. The van der Waals surface area contributed by atoms with E-state index in [1.165, 1.54) is 0 Å². The molecule has 1 rings (SSSR count). The van der Waals surface area contributed by atoms with Crippen LogP contribution in [0.3, 0.4) is 0 Å². The number of hydrogen-bond donors (Lipinski definition) is 2. The highest BCUT2D eigenvalue weighted by Gasteiger charge is 2.06. The van der Waals surface area contributed by atoms with Gasteiger partial charge in [-0.25, -0.2) is 0 Å². The van der Waals surface area contributed by atoms with Crippen LogP contribution in [-0.2, 0) is 11.3 Å². The van der Waals surface area contributed by atoms with Crippen molar-refractivity contribution in [2.45, 2.75) is 13.5 Å². The largest absolute Gasteiger partial charge is 0.482 e. The maximum atomic E-state index is 11.3. The SMILES string of the molecule is CCNCc1ccc(OCC(=O)NCC#N)c(Cl)c1. The minimum atomic E-state index is -0.352. The van der Waals surface area contributed by atoms with Crippen LogP contribution in [0.5, 0.6) is 5.75 Å². The van der Waals surface area contributed by atoms with Crippen molar-refractivity contribution in [3.8, 4) is 11.8 Å². The lowest BCUT2D eigenvalue weighted by Crippen LogP contribution is -2.29. The fourth-order valence-electron chi connectivity index (χ4n) is 1.37. The minimum Gasteiger partial charge on any atom is -0.482 e. The van der Waals surface area contributed by atoms with E-state index in [4.69, 9.17) is 21.6 Å². The molecule has 0 heterocycles. The van der Waals surface area contributed by atoms with Crippen LogP contribution in [0.1, 0.15) is 12.5 Å². The second-order valence-corrected chi connectivity index (χ2v) is 4.18. The van der Waals surface area contributed by atoms with Gasteiger partial charge in [0.1, 0.15) is 12.3 Å². The number of nitrogens with zero attached hydrogens (tertiary/aromatic N) is 1. The summed E-state index contributed by atoms with van der Waals surface area (Å²) in [4.78, 5) is 11.3. The Bertz CT molecular complexity index is 471. The van der Waals surface area contributed by atoms with Crippen LogP contribution >= 0.6 is 11.6 Å². The molecule has 0 aliphatic heterocycles. The average molecular weight is 282 g/mol. The van der Waals surface area contributed by atoms with E-state index in [1.54, 1.807) is 12.1 Å². The third-order valence-electron chi connectivity index (χ3n) is 2.30. The van der Waals surface area contributed by atoms with Gasteiger partial charge in [-0.3, -0.25) is 4.79 Å². The van der Waals surface area contributed by atoms with Crippen LogP contribution in [0.2, 0.25) is 5.02 Å². The fourth-order valence-corrected chi connectivity index (χ4v) is 1.63. The second kappa shape index (κ2) is 8.35. The number of amides is 1. The predicted octanol–water partition coefficient (Wildman–Crippen LogP) is 1.47. The Hall–Kier alpha value is -1.77. The molecule has 0 saturated heterocycles. The lowest BCUT2D eigenvalue weighted by Gasteiger charge is -2.09. The van der Waals surface area contributed by atoms with Crippen LogP contribution in [0, 0.1) is 11.3 Å². The molecule has 0 spiro atoms. The molecule has 0 radical (unpaired) electrons. The average Bonchev–Trinajstić information content (AvgIpc) is 2.41. The van der Waals surface area contributed by atoms with Gasteiger partial charge in [-0.1, -0.05) is 24.6 Å². The molecule has 1 amide bonds. The van der Waals surface area contributed by atoms with Gasteiger partial charge in [0, 0.05) is 6.54 Å². The molecular weight excluding hydrogens is 266 g/mol. The Labute approximate surface area is 117 Å². The van der Waals surface area contributed by atoms with Crippen LogP contribution < -0.4 is 15.4 Å². The van der Waals surface area contributed by atoms with Gasteiger partial charge in [0.05, 0.1) is 11.1 Å². The second-order valence-electron chi connectivity index (χ2n) is 3.77. The van der Waals surface area contributed by atoms with Gasteiger partial charge in [-0.2, -0.15) is 5.26 Å². The van der Waals surface area contributed by atoms with Crippen molar-refractivity contribution >= 4 is 17.5 Å². The molecule has 102 valence electrons. The zero-order valence-electron chi connectivity index (χ0n) is 10.7.